The third-order valence-corrected chi connectivity index (χ3v) is 6.18. The molecule has 0 radical (unpaired) electrons. The molecule has 1 aromatic carbocycles. The van der Waals surface area contributed by atoms with Crippen molar-refractivity contribution in [3.05, 3.63) is 71.2 Å². The van der Waals surface area contributed by atoms with Gasteiger partial charge in [-0.25, -0.2) is 19.5 Å². The van der Waals surface area contributed by atoms with E-state index in [1.54, 1.807) is 29.1 Å². The Morgan fingerprint density at radius 3 is 2.94 bits per heavy atom. The van der Waals surface area contributed by atoms with Crippen LogP contribution in [0.3, 0.4) is 0 Å². The number of hydrogen-bond donors (Lipinski definition) is 2. The maximum absolute atomic E-state index is 13.6. The molecular weight excluding hydrogens is 475 g/mol. The molecule has 1 aliphatic carbocycles. The van der Waals surface area contributed by atoms with Crippen LogP contribution in [0.2, 0.25) is 0 Å². The number of aromatic nitrogens is 4. The van der Waals surface area contributed by atoms with Crippen LogP contribution >= 0.6 is 0 Å². The van der Waals surface area contributed by atoms with Gasteiger partial charge in [0.15, 0.2) is 0 Å². The van der Waals surface area contributed by atoms with Gasteiger partial charge >= 0.3 is 10.3 Å². The average Bonchev–Trinajstić information content (AvgIpc) is 3.48. The van der Waals surface area contributed by atoms with Crippen molar-refractivity contribution in [1.82, 2.24) is 19.7 Å². The second-order valence-electron chi connectivity index (χ2n) is 8.27. The number of carbonyl (C=O) groups excluding carboxylic acids is 1. The molecule has 182 valence electrons. The van der Waals surface area contributed by atoms with Crippen molar-refractivity contribution >= 4 is 21.9 Å². The number of terminal acetylenes is 1. The maximum atomic E-state index is 13.6. The Morgan fingerprint density at radius 1 is 1.34 bits per heavy atom. The molecule has 1 saturated carbocycles. The molecule has 3 aromatic rings. The molecule has 4 rings (SSSR count). The molecular formula is C23H23FN6O4S. The summed E-state index contributed by atoms with van der Waals surface area (Å²) >= 11 is 0. The van der Waals surface area contributed by atoms with Crippen molar-refractivity contribution < 1.29 is 21.8 Å². The molecule has 0 aliphatic heterocycles. The van der Waals surface area contributed by atoms with E-state index >= 15 is 0 Å². The first-order valence-corrected chi connectivity index (χ1v) is 12.3. The second-order valence-corrected chi connectivity index (χ2v) is 9.49. The molecule has 2 atom stereocenters. The number of hydrogen-bond acceptors (Lipinski definition) is 8. The Hall–Kier alpha value is -3.66. The molecule has 35 heavy (non-hydrogen) atoms. The van der Waals surface area contributed by atoms with E-state index in [1.807, 2.05) is 0 Å². The van der Waals surface area contributed by atoms with Crippen LogP contribution in [0.1, 0.15) is 46.4 Å². The second kappa shape index (κ2) is 10.3. The Labute approximate surface area is 202 Å². The lowest BCUT2D eigenvalue weighted by molar-refractivity contribution is 0.103. The van der Waals surface area contributed by atoms with Crippen LogP contribution in [0, 0.1) is 24.1 Å². The first-order valence-electron chi connectivity index (χ1n) is 10.8. The lowest BCUT2D eigenvalue weighted by Gasteiger charge is -2.15. The topological polar surface area (TPSA) is 142 Å². The zero-order chi connectivity index (χ0) is 25.0. The van der Waals surface area contributed by atoms with Crippen LogP contribution in [0.5, 0.6) is 0 Å². The molecule has 0 saturated heterocycles. The highest BCUT2D eigenvalue weighted by atomic mass is 32.2. The fraction of sp³-hybridized carbons (Fsp3) is 0.304. The van der Waals surface area contributed by atoms with E-state index in [-0.39, 0.29) is 41.2 Å². The van der Waals surface area contributed by atoms with E-state index in [0.717, 1.165) is 18.4 Å². The number of ketones is 1. The normalized spacial score (nSPS) is 17.7. The molecule has 1 aliphatic rings. The SMILES string of the molecule is C#Cc1cc(Cn2ccc(C(=O)c3cncnc3NC3CCC(COS(N)(=O)=O)C3)n2)ccc1F. The number of nitrogens with two attached hydrogens (primary N) is 1. The molecule has 1 fully saturated rings. The predicted octanol–water partition coefficient (Wildman–Crippen LogP) is 1.87. The van der Waals surface area contributed by atoms with E-state index in [1.165, 1.54) is 18.6 Å². The number of rotatable bonds is 9. The highest BCUT2D eigenvalue weighted by Gasteiger charge is 2.28. The van der Waals surface area contributed by atoms with Gasteiger partial charge in [-0.05, 0) is 48.9 Å². The number of anilines is 1. The smallest absolute Gasteiger partial charge is 0.333 e. The highest BCUT2D eigenvalue weighted by Crippen LogP contribution is 2.29. The summed E-state index contributed by atoms with van der Waals surface area (Å²) in [6.07, 6.45) is 11.9. The fourth-order valence-corrected chi connectivity index (χ4v) is 4.41. The molecule has 0 spiro atoms. The quantitative estimate of drug-likeness (QED) is 0.336. The average molecular weight is 499 g/mol. The summed E-state index contributed by atoms with van der Waals surface area (Å²) in [4.78, 5) is 21.4. The third-order valence-electron chi connectivity index (χ3n) is 5.71. The summed E-state index contributed by atoms with van der Waals surface area (Å²) in [5, 5.41) is 12.5. The van der Waals surface area contributed by atoms with Gasteiger partial charge in [0.05, 0.1) is 24.3 Å². The highest BCUT2D eigenvalue weighted by molar-refractivity contribution is 7.84. The molecule has 2 heterocycles. The maximum Gasteiger partial charge on any atom is 0.333 e. The van der Waals surface area contributed by atoms with Gasteiger partial charge in [0.2, 0.25) is 5.78 Å². The minimum absolute atomic E-state index is 0.0148. The molecule has 0 bridgehead atoms. The van der Waals surface area contributed by atoms with Crippen molar-refractivity contribution in [2.45, 2.75) is 31.8 Å². The van der Waals surface area contributed by atoms with Crippen molar-refractivity contribution in [1.29, 1.82) is 0 Å². The monoisotopic (exact) mass is 498 g/mol. The van der Waals surface area contributed by atoms with E-state index < -0.39 is 16.1 Å². The summed E-state index contributed by atoms with van der Waals surface area (Å²) in [7, 11) is -3.98. The largest absolute Gasteiger partial charge is 0.367 e. The van der Waals surface area contributed by atoms with Gasteiger partial charge in [0, 0.05) is 18.4 Å². The first-order chi connectivity index (χ1) is 16.7. The van der Waals surface area contributed by atoms with E-state index in [0.29, 0.717) is 18.8 Å². The minimum Gasteiger partial charge on any atom is -0.367 e. The van der Waals surface area contributed by atoms with E-state index in [2.05, 4.69) is 26.3 Å². The van der Waals surface area contributed by atoms with Crippen molar-refractivity contribution in [2.24, 2.45) is 11.1 Å². The van der Waals surface area contributed by atoms with Crippen LogP contribution in [-0.4, -0.2) is 46.6 Å². The summed E-state index contributed by atoms with van der Waals surface area (Å²) in [5.74, 6) is 1.86. The zero-order valence-electron chi connectivity index (χ0n) is 18.6. The Bertz CT molecular complexity index is 1380. The molecule has 2 aromatic heterocycles. The van der Waals surface area contributed by atoms with Crippen molar-refractivity contribution in [2.75, 3.05) is 11.9 Å². The number of nitrogens with zero attached hydrogens (tertiary/aromatic N) is 4. The standard InChI is InChI=1S/C23H23FN6O4S/c1-2-17-9-15(4-6-20(17)24)12-30-8-7-21(29-30)22(31)19-11-26-14-27-23(19)28-18-5-3-16(10-18)13-34-35(25,32)33/h1,4,6-9,11,14,16,18H,3,5,10,12-13H2,(H2,25,32,33)(H,26,27,28). The molecule has 3 N–H and O–H groups in total. The Balaban J connectivity index is 1.43. The van der Waals surface area contributed by atoms with Crippen molar-refractivity contribution in [3.8, 4) is 12.3 Å². The van der Waals surface area contributed by atoms with Gasteiger partial charge in [-0.15, -0.1) is 6.42 Å². The minimum atomic E-state index is -3.98. The lowest BCUT2D eigenvalue weighted by Crippen LogP contribution is -2.22. The number of carbonyl (C=O) groups is 1. The van der Waals surface area contributed by atoms with Gasteiger partial charge < -0.3 is 5.32 Å². The third kappa shape index (κ3) is 6.27. The van der Waals surface area contributed by atoms with Crippen LogP contribution in [-0.2, 0) is 21.0 Å². The van der Waals surface area contributed by atoms with Crippen LogP contribution in [0.15, 0.2) is 43.0 Å². The number of halogens is 1. The fourth-order valence-electron chi connectivity index (χ4n) is 4.03. The van der Waals surface area contributed by atoms with Gasteiger partial charge in [-0.1, -0.05) is 12.0 Å². The number of benzene rings is 1. The van der Waals surface area contributed by atoms with E-state index in [4.69, 9.17) is 15.7 Å². The van der Waals surface area contributed by atoms with Gasteiger partial charge in [0.25, 0.3) is 0 Å². The first kappa shape index (κ1) is 24.5. The molecule has 2 unspecified atom stereocenters. The predicted molar refractivity (Wildman–Crippen MR) is 125 cm³/mol. The lowest BCUT2D eigenvalue weighted by atomic mass is 10.1. The van der Waals surface area contributed by atoms with Gasteiger partial charge in [-0.2, -0.15) is 13.5 Å². The zero-order valence-corrected chi connectivity index (χ0v) is 19.4. The van der Waals surface area contributed by atoms with E-state index in [9.17, 15) is 17.6 Å². The number of nitrogens with one attached hydrogen (secondary N) is 1. The van der Waals surface area contributed by atoms with Gasteiger partial charge in [0.1, 0.15) is 23.7 Å². The molecule has 12 heteroatoms. The molecule has 10 nitrogen and oxygen atoms in total. The van der Waals surface area contributed by atoms with Crippen LogP contribution in [0.25, 0.3) is 0 Å². The van der Waals surface area contributed by atoms with Gasteiger partial charge in [-0.3, -0.25) is 13.7 Å². The van der Waals surface area contributed by atoms with Crippen molar-refractivity contribution in [3.63, 3.8) is 0 Å². The summed E-state index contributed by atoms with van der Waals surface area (Å²) < 4.78 is 41.9. The summed E-state index contributed by atoms with van der Waals surface area (Å²) in [5.41, 5.74) is 1.37. The summed E-state index contributed by atoms with van der Waals surface area (Å²) in [6.45, 7) is 0.323. The van der Waals surface area contributed by atoms with Crippen LogP contribution in [0.4, 0.5) is 10.2 Å². The van der Waals surface area contributed by atoms with Crippen LogP contribution < -0.4 is 10.5 Å². The Morgan fingerprint density at radius 2 is 2.17 bits per heavy atom. The molecule has 0 amide bonds. The summed E-state index contributed by atoms with van der Waals surface area (Å²) in [6, 6.07) is 6.03. The Kier molecular flexibility index (Phi) is 7.20.